The second-order valence-corrected chi connectivity index (χ2v) is 7.56. The van der Waals surface area contributed by atoms with E-state index >= 15 is 0 Å². The summed E-state index contributed by atoms with van der Waals surface area (Å²) < 4.78 is 33.7. The lowest BCUT2D eigenvalue weighted by Gasteiger charge is -2.24. The Kier molecular flexibility index (Phi) is 4.58. The SMILES string of the molecule is COc1cnccc1N(c1ccncn1)S(=O)(=O)c1ccc2cnccc2c1. The summed E-state index contributed by atoms with van der Waals surface area (Å²) in [4.78, 5) is 16.2. The van der Waals surface area contributed by atoms with Crippen LogP contribution in [0.15, 0.2) is 78.6 Å². The molecule has 28 heavy (non-hydrogen) atoms. The van der Waals surface area contributed by atoms with E-state index in [0.29, 0.717) is 11.4 Å². The number of pyridine rings is 2. The molecular formula is C19H15N5O3S. The minimum atomic E-state index is -4.02. The van der Waals surface area contributed by atoms with E-state index in [1.165, 1.54) is 38.1 Å². The Balaban J connectivity index is 1.94. The van der Waals surface area contributed by atoms with Gasteiger partial charge in [0.2, 0.25) is 0 Å². The molecule has 4 rings (SSSR count). The number of aromatic nitrogens is 4. The predicted octanol–water partition coefficient (Wildman–Crippen LogP) is 2.96. The van der Waals surface area contributed by atoms with Crippen LogP contribution in [0.25, 0.3) is 10.8 Å². The topological polar surface area (TPSA) is 98.2 Å². The minimum Gasteiger partial charge on any atom is -0.493 e. The number of hydrogen-bond acceptors (Lipinski definition) is 7. The number of nitrogens with zero attached hydrogens (tertiary/aromatic N) is 5. The van der Waals surface area contributed by atoms with Gasteiger partial charge in [0.15, 0.2) is 11.6 Å². The van der Waals surface area contributed by atoms with Gasteiger partial charge in [-0.15, -0.1) is 0 Å². The van der Waals surface area contributed by atoms with E-state index in [-0.39, 0.29) is 10.7 Å². The highest BCUT2D eigenvalue weighted by Gasteiger charge is 2.30. The third-order valence-electron chi connectivity index (χ3n) is 4.13. The lowest BCUT2D eigenvalue weighted by atomic mass is 10.2. The molecule has 0 atom stereocenters. The molecule has 0 bridgehead atoms. The lowest BCUT2D eigenvalue weighted by molar-refractivity contribution is 0.414. The zero-order chi connectivity index (χ0) is 19.6. The summed E-state index contributed by atoms with van der Waals surface area (Å²) in [5, 5.41) is 1.61. The van der Waals surface area contributed by atoms with Crippen molar-refractivity contribution in [2.45, 2.75) is 4.90 Å². The first-order chi connectivity index (χ1) is 13.6. The molecule has 3 aromatic heterocycles. The number of anilines is 2. The molecule has 0 radical (unpaired) electrons. The van der Waals surface area contributed by atoms with Crippen LogP contribution in [0.2, 0.25) is 0 Å². The molecular weight excluding hydrogens is 378 g/mol. The van der Waals surface area contributed by atoms with E-state index in [1.54, 1.807) is 42.7 Å². The molecule has 0 N–H and O–H groups in total. The molecule has 0 aliphatic carbocycles. The highest BCUT2D eigenvalue weighted by Crippen LogP contribution is 2.37. The highest BCUT2D eigenvalue weighted by molar-refractivity contribution is 7.93. The van der Waals surface area contributed by atoms with Crippen LogP contribution < -0.4 is 9.04 Å². The third kappa shape index (κ3) is 3.12. The summed E-state index contributed by atoms with van der Waals surface area (Å²) >= 11 is 0. The molecule has 8 nitrogen and oxygen atoms in total. The molecule has 0 unspecified atom stereocenters. The Morgan fingerprint density at radius 2 is 1.68 bits per heavy atom. The molecule has 4 aromatic rings. The van der Waals surface area contributed by atoms with E-state index in [4.69, 9.17) is 4.74 Å². The van der Waals surface area contributed by atoms with Crippen LogP contribution in [0.5, 0.6) is 5.75 Å². The fourth-order valence-electron chi connectivity index (χ4n) is 2.80. The van der Waals surface area contributed by atoms with Crippen molar-refractivity contribution in [1.82, 2.24) is 19.9 Å². The molecule has 0 spiro atoms. The second kappa shape index (κ2) is 7.20. The van der Waals surface area contributed by atoms with Gasteiger partial charge >= 0.3 is 0 Å². The molecule has 0 aliphatic heterocycles. The van der Waals surface area contributed by atoms with Crippen molar-refractivity contribution in [2.75, 3.05) is 11.4 Å². The van der Waals surface area contributed by atoms with Crippen LogP contribution in [0.4, 0.5) is 11.5 Å². The van der Waals surface area contributed by atoms with Crippen molar-refractivity contribution in [1.29, 1.82) is 0 Å². The van der Waals surface area contributed by atoms with Crippen molar-refractivity contribution in [2.24, 2.45) is 0 Å². The normalized spacial score (nSPS) is 11.3. The Morgan fingerprint density at radius 3 is 2.46 bits per heavy atom. The second-order valence-electron chi connectivity index (χ2n) is 5.77. The Hall–Kier alpha value is -3.59. The average molecular weight is 393 g/mol. The third-order valence-corrected chi connectivity index (χ3v) is 5.84. The number of sulfonamides is 1. The molecule has 140 valence electrons. The van der Waals surface area contributed by atoms with Crippen molar-refractivity contribution in [3.05, 3.63) is 73.7 Å². The van der Waals surface area contributed by atoms with Gasteiger partial charge in [0, 0.05) is 36.2 Å². The maximum absolute atomic E-state index is 13.6. The smallest absolute Gasteiger partial charge is 0.270 e. The highest BCUT2D eigenvalue weighted by atomic mass is 32.2. The molecule has 0 aliphatic rings. The van der Waals surface area contributed by atoms with Gasteiger partial charge in [-0.3, -0.25) is 9.97 Å². The van der Waals surface area contributed by atoms with Gasteiger partial charge in [0.25, 0.3) is 10.0 Å². The summed E-state index contributed by atoms with van der Waals surface area (Å²) in [6, 6.07) is 9.70. The quantitative estimate of drug-likeness (QED) is 0.514. The molecule has 1 aromatic carbocycles. The van der Waals surface area contributed by atoms with Crippen LogP contribution in [-0.2, 0) is 10.0 Å². The minimum absolute atomic E-state index is 0.115. The maximum Gasteiger partial charge on any atom is 0.270 e. The predicted molar refractivity (Wildman–Crippen MR) is 104 cm³/mol. The number of benzene rings is 1. The Morgan fingerprint density at radius 1 is 0.893 bits per heavy atom. The first kappa shape index (κ1) is 17.8. The van der Waals surface area contributed by atoms with Crippen molar-refractivity contribution >= 4 is 32.3 Å². The Bertz CT molecular complexity index is 1230. The van der Waals surface area contributed by atoms with Gasteiger partial charge in [-0.1, -0.05) is 6.07 Å². The maximum atomic E-state index is 13.6. The van der Waals surface area contributed by atoms with Gasteiger partial charge < -0.3 is 4.74 Å². The summed E-state index contributed by atoms with van der Waals surface area (Å²) in [5.74, 6) is 0.490. The number of hydrogen-bond donors (Lipinski definition) is 0. The van der Waals surface area contributed by atoms with E-state index in [1.807, 2.05) is 0 Å². The number of methoxy groups -OCH3 is 1. The zero-order valence-corrected chi connectivity index (χ0v) is 15.6. The van der Waals surface area contributed by atoms with Gasteiger partial charge in [-0.05, 0) is 29.7 Å². The molecule has 0 fully saturated rings. The van der Waals surface area contributed by atoms with Crippen molar-refractivity contribution < 1.29 is 13.2 Å². The largest absolute Gasteiger partial charge is 0.493 e. The monoisotopic (exact) mass is 393 g/mol. The molecule has 0 saturated heterocycles. The molecule has 9 heteroatoms. The molecule has 0 saturated carbocycles. The standard InChI is InChI=1S/C19H15N5O3S/c1-27-18-12-21-8-5-17(18)24(19-6-9-22-13-23-19)28(25,26)16-3-2-15-11-20-7-4-14(15)10-16/h2-13H,1H3. The van der Waals surface area contributed by atoms with Gasteiger partial charge in [0.1, 0.15) is 12.0 Å². The fourth-order valence-corrected chi connectivity index (χ4v) is 4.30. The summed E-state index contributed by atoms with van der Waals surface area (Å²) in [6.07, 6.45) is 9.01. The molecule has 3 heterocycles. The van der Waals surface area contributed by atoms with Gasteiger partial charge in [-0.25, -0.2) is 22.7 Å². The number of fused-ring (bicyclic) bond motifs is 1. The number of ether oxygens (including phenoxy) is 1. The van der Waals surface area contributed by atoms with Crippen molar-refractivity contribution in [3.63, 3.8) is 0 Å². The number of rotatable bonds is 5. The first-order valence-corrected chi connectivity index (χ1v) is 9.68. The average Bonchev–Trinajstić information content (AvgIpc) is 2.74. The molecule has 0 amide bonds. The lowest BCUT2D eigenvalue weighted by Crippen LogP contribution is -2.27. The van der Waals surface area contributed by atoms with Crippen LogP contribution in [0.1, 0.15) is 0 Å². The first-order valence-electron chi connectivity index (χ1n) is 8.24. The summed E-state index contributed by atoms with van der Waals surface area (Å²) in [7, 11) is -2.56. The van der Waals surface area contributed by atoms with Crippen LogP contribution in [0.3, 0.4) is 0 Å². The zero-order valence-electron chi connectivity index (χ0n) is 14.8. The van der Waals surface area contributed by atoms with Crippen LogP contribution in [0, 0.1) is 0 Å². The van der Waals surface area contributed by atoms with E-state index in [9.17, 15) is 8.42 Å². The van der Waals surface area contributed by atoms with Crippen molar-refractivity contribution in [3.8, 4) is 5.75 Å². The fraction of sp³-hybridized carbons (Fsp3) is 0.0526. The summed E-state index contributed by atoms with van der Waals surface area (Å²) in [6.45, 7) is 0. The van der Waals surface area contributed by atoms with E-state index in [0.717, 1.165) is 15.1 Å². The van der Waals surface area contributed by atoms with E-state index < -0.39 is 10.0 Å². The van der Waals surface area contributed by atoms with Crippen LogP contribution in [-0.4, -0.2) is 35.5 Å². The van der Waals surface area contributed by atoms with Gasteiger partial charge in [0.05, 0.1) is 18.2 Å². The van der Waals surface area contributed by atoms with E-state index in [2.05, 4.69) is 19.9 Å². The Labute approximate surface area is 161 Å². The summed E-state index contributed by atoms with van der Waals surface area (Å²) in [5.41, 5.74) is 0.297. The van der Waals surface area contributed by atoms with Gasteiger partial charge in [-0.2, -0.15) is 0 Å². The van der Waals surface area contributed by atoms with Crippen LogP contribution >= 0.6 is 0 Å².